The van der Waals surface area contributed by atoms with Gasteiger partial charge in [-0.15, -0.1) is 0 Å². The number of anilines is 1. The monoisotopic (exact) mass is 493 g/mol. The van der Waals surface area contributed by atoms with Crippen LogP contribution in [0.5, 0.6) is 5.75 Å². The predicted octanol–water partition coefficient (Wildman–Crippen LogP) is 4.70. The summed E-state index contributed by atoms with van der Waals surface area (Å²) in [6, 6.07) is 22.0. The first kappa shape index (κ1) is 23.0. The summed E-state index contributed by atoms with van der Waals surface area (Å²) >= 11 is 0. The fourth-order valence-electron chi connectivity index (χ4n) is 5.08. The van der Waals surface area contributed by atoms with E-state index in [4.69, 9.17) is 21.3 Å². The van der Waals surface area contributed by atoms with Crippen molar-refractivity contribution in [3.05, 3.63) is 84.2 Å². The Labute approximate surface area is 213 Å². The number of hydrogen-bond acceptors (Lipinski definition) is 6. The minimum atomic E-state index is -0.897. The maximum absolute atomic E-state index is 11.3. The van der Waals surface area contributed by atoms with Crippen LogP contribution in [-0.2, 0) is 17.8 Å². The highest BCUT2D eigenvalue weighted by molar-refractivity contribution is 5.95. The quantitative estimate of drug-likeness (QED) is 0.300. The highest BCUT2D eigenvalue weighted by Gasteiger charge is 2.31. The van der Waals surface area contributed by atoms with E-state index in [1.807, 2.05) is 28.9 Å². The molecule has 0 bridgehead atoms. The predicted molar refractivity (Wildman–Crippen MR) is 143 cm³/mol. The Kier molecular flexibility index (Phi) is 5.73. The van der Waals surface area contributed by atoms with Gasteiger partial charge in [0.25, 0.3) is 0 Å². The highest BCUT2D eigenvalue weighted by Crippen LogP contribution is 2.36. The molecular weight excluding hydrogens is 466 g/mol. The Morgan fingerprint density at radius 1 is 1.03 bits per heavy atom. The molecule has 8 nitrogen and oxygen atoms in total. The lowest BCUT2D eigenvalue weighted by molar-refractivity contribution is -0.136. The molecule has 5 N–H and O–H groups in total. The summed E-state index contributed by atoms with van der Waals surface area (Å²) in [4.78, 5) is 15.6. The second-order valence-electron chi connectivity index (χ2n) is 9.61. The van der Waals surface area contributed by atoms with E-state index in [0.29, 0.717) is 17.1 Å². The number of pyridine rings is 1. The number of ether oxygens (including phenoxy) is 1. The minimum Gasteiger partial charge on any atom is -0.487 e. The second-order valence-corrected chi connectivity index (χ2v) is 9.61. The number of benzene rings is 3. The number of nitrogens with zero attached hydrogens (tertiary/aromatic N) is 3. The molecule has 37 heavy (non-hydrogen) atoms. The Bertz CT molecular complexity index is 1640. The van der Waals surface area contributed by atoms with Gasteiger partial charge in [-0.2, -0.15) is 5.10 Å². The second kappa shape index (κ2) is 9.22. The van der Waals surface area contributed by atoms with E-state index in [1.54, 1.807) is 18.3 Å². The van der Waals surface area contributed by atoms with E-state index in [1.165, 1.54) is 0 Å². The van der Waals surface area contributed by atoms with Gasteiger partial charge < -0.3 is 21.3 Å². The Morgan fingerprint density at radius 3 is 2.57 bits per heavy atom. The number of aromatic nitrogens is 3. The van der Waals surface area contributed by atoms with Crippen molar-refractivity contribution in [2.24, 2.45) is 5.73 Å². The number of aliphatic carboxylic acids is 1. The molecule has 1 fully saturated rings. The Morgan fingerprint density at radius 2 is 1.78 bits per heavy atom. The fourth-order valence-corrected chi connectivity index (χ4v) is 5.08. The van der Waals surface area contributed by atoms with Crippen LogP contribution in [-0.4, -0.2) is 31.9 Å². The summed E-state index contributed by atoms with van der Waals surface area (Å²) in [5.74, 6) is 0.166. The summed E-state index contributed by atoms with van der Waals surface area (Å²) in [6.07, 6.45) is 3.34. The van der Waals surface area contributed by atoms with E-state index >= 15 is 0 Å². The van der Waals surface area contributed by atoms with Crippen LogP contribution in [0.15, 0.2) is 72.9 Å². The van der Waals surface area contributed by atoms with Crippen LogP contribution in [0.2, 0.25) is 0 Å². The number of carboxylic acids is 1. The third-order valence-corrected chi connectivity index (χ3v) is 7.10. The normalized spacial score (nSPS) is 17.1. The maximum atomic E-state index is 11.3. The molecular formula is C29H27N5O3. The van der Waals surface area contributed by atoms with Crippen molar-refractivity contribution in [1.29, 1.82) is 0 Å². The molecule has 8 heteroatoms. The van der Waals surface area contributed by atoms with Crippen molar-refractivity contribution < 1.29 is 14.6 Å². The third kappa shape index (κ3) is 4.36. The topological polar surface area (TPSA) is 129 Å². The molecule has 1 aliphatic carbocycles. The number of fused-ring (bicyclic) bond motifs is 2. The molecule has 0 unspecified atom stereocenters. The average molecular weight is 494 g/mol. The van der Waals surface area contributed by atoms with Crippen molar-refractivity contribution in [1.82, 2.24) is 14.8 Å². The first-order valence-electron chi connectivity index (χ1n) is 12.3. The summed E-state index contributed by atoms with van der Waals surface area (Å²) in [5, 5.41) is 17.2. The molecule has 0 radical (unpaired) electrons. The average Bonchev–Trinajstić information content (AvgIpc) is 3.23. The largest absolute Gasteiger partial charge is 0.487 e. The van der Waals surface area contributed by atoms with Gasteiger partial charge in [-0.3, -0.25) is 9.48 Å². The number of rotatable bonds is 7. The molecule has 1 aliphatic rings. The number of carbonyl (C=O) groups is 1. The molecule has 0 aliphatic heterocycles. The van der Waals surface area contributed by atoms with E-state index in [-0.39, 0.29) is 25.1 Å². The molecule has 3 aromatic carbocycles. The van der Waals surface area contributed by atoms with Crippen LogP contribution in [0.1, 0.15) is 30.1 Å². The fraction of sp³-hybridized carbons (Fsp3) is 0.207. The molecule has 2 heterocycles. The van der Waals surface area contributed by atoms with E-state index in [2.05, 4.69) is 35.3 Å². The van der Waals surface area contributed by atoms with E-state index < -0.39 is 5.97 Å². The van der Waals surface area contributed by atoms with Crippen molar-refractivity contribution in [2.45, 2.75) is 38.0 Å². The highest BCUT2D eigenvalue weighted by atomic mass is 16.5. The smallest absolute Gasteiger partial charge is 0.307 e. The molecule has 6 rings (SSSR count). The first-order chi connectivity index (χ1) is 18.0. The van der Waals surface area contributed by atoms with Gasteiger partial charge in [-0.05, 0) is 59.7 Å². The zero-order chi connectivity index (χ0) is 25.5. The molecule has 0 amide bonds. The molecule has 2 aromatic heterocycles. The number of carboxylic acid groups (broad SMARTS) is 1. The van der Waals surface area contributed by atoms with Crippen molar-refractivity contribution in [2.75, 3.05) is 5.73 Å². The molecule has 0 atom stereocenters. The summed E-state index contributed by atoms with van der Waals surface area (Å²) < 4.78 is 8.26. The van der Waals surface area contributed by atoms with Gasteiger partial charge in [0.1, 0.15) is 18.2 Å². The number of para-hydroxylation sites is 1. The summed E-state index contributed by atoms with van der Waals surface area (Å²) in [5.41, 5.74) is 16.8. The van der Waals surface area contributed by atoms with Gasteiger partial charge in [0.05, 0.1) is 23.7 Å². The molecule has 0 saturated heterocycles. The first-order valence-corrected chi connectivity index (χ1v) is 12.3. The maximum Gasteiger partial charge on any atom is 0.307 e. The molecule has 0 spiro atoms. The van der Waals surface area contributed by atoms with Crippen LogP contribution in [0, 0.1) is 0 Å². The zero-order valence-corrected chi connectivity index (χ0v) is 20.2. The molecule has 186 valence electrons. The zero-order valence-electron chi connectivity index (χ0n) is 20.2. The summed E-state index contributed by atoms with van der Waals surface area (Å²) in [7, 11) is 0. The lowest BCUT2D eigenvalue weighted by Gasteiger charge is -2.33. The number of hydrogen-bond donors (Lipinski definition) is 3. The number of nitrogens with two attached hydrogens (primary N) is 2. The Balaban J connectivity index is 1.40. The lowest BCUT2D eigenvalue weighted by atomic mass is 9.87. The van der Waals surface area contributed by atoms with Gasteiger partial charge >= 0.3 is 5.97 Å². The summed E-state index contributed by atoms with van der Waals surface area (Å²) in [6.45, 7) is 0.261. The van der Waals surface area contributed by atoms with Gasteiger partial charge in [0.2, 0.25) is 0 Å². The number of nitrogen functional groups attached to an aromatic ring is 1. The van der Waals surface area contributed by atoms with Crippen LogP contribution >= 0.6 is 0 Å². The van der Waals surface area contributed by atoms with Gasteiger partial charge in [-0.1, -0.05) is 36.4 Å². The van der Waals surface area contributed by atoms with Crippen LogP contribution < -0.4 is 16.2 Å². The van der Waals surface area contributed by atoms with Crippen molar-refractivity contribution >= 4 is 33.5 Å². The van der Waals surface area contributed by atoms with E-state index in [9.17, 15) is 9.90 Å². The lowest BCUT2D eigenvalue weighted by Crippen LogP contribution is -2.38. The molecule has 1 saturated carbocycles. The standard InChI is InChI=1S/C29H27N5O3/c30-21-14-22(15-21)34-26(16-37-27-4-2-1-3-20(27)13-28(35)36)24-12-19(7-8-25(24)33-34)18-6-5-17-9-10-32-29(31)23(17)11-18/h1-12,21-22H,13-16,30H2,(H2,31,32)(H,35,36). The van der Waals surface area contributed by atoms with Crippen molar-refractivity contribution in [3.63, 3.8) is 0 Å². The SMILES string of the molecule is Nc1nccc2ccc(-c3ccc4nn(C5CC(N)C5)c(COc5ccccc5CC(=O)O)c4c3)cc12. The van der Waals surface area contributed by atoms with Crippen LogP contribution in [0.4, 0.5) is 5.82 Å². The van der Waals surface area contributed by atoms with Gasteiger partial charge in [0, 0.05) is 28.6 Å². The third-order valence-electron chi connectivity index (χ3n) is 7.10. The van der Waals surface area contributed by atoms with Crippen LogP contribution in [0.3, 0.4) is 0 Å². The van der Waals surface area contributed by atoms with E-state index in [0.717, 1.165) is 51.3 Å². The Hall–Kier alpha value is -4.43. The van der Waals surface area contributed by atoms with Gasteiger partial charge in [0.15, 0.2) is 0 Å². The van der Waals surface area contributed by atoms with Gasteiger partial charge in [-0.25, -0.2) is 4.98 Å². The molecule has 5 aromatic rings. The minimum absolute atomic E-state index is 0.0994. The van der Waals surface area contributed by atoms with Crippen LogP contribution in [0.25, 0.3) is 32.8 Å². The van der Waals surface area contributed by atoms with Crippen molar-refractivity contribution in [3.8, 4) is 16.9 Å².